The molecule has 0 atom stereocenters. The second-order valence-corrected chi connectivity index (χ2v) is 4.81. The minimum absolute atomic E-state index is 0.0127. The number of hydrogen-bond donors (Lipinski definition) is 2. The van der Waals surface area contributed by atoms with Gasteiger partial charge in [0, 0.05) is 18.2 Å². The maximum atomic E-state index is 11.8. The van der Waals surface area contributed by atoms with Gasteiger partial charge in [0.15, 0.2) is 6.61 Å². The van der Waals surface area contributed by atoms with Crippen LogP contribution >= 0.6 is 0 Å². The molecule has 0 saturated carbocycles. The Morgan fingerprint density at radius 2 is 2.10 bits per heavy atom. The highest BCUT2D eigenvalue weighted by molar-refractivity contribution is 5.77. The smallest absolute Gasteiger partial charge is 0.258 e. The standard InChI is InChI=1S/C15H25N3O2/c1-4-12(5-2)18-15(19)10-20-14-7-6-11(3)17-13(14)8-9-16/h6-7,12H,4-5,8-10,16H2,1-3H3,(H,18,19). The average molecular weight is 279 g/mol. The van der Waals surface area contributed by atoms with Crippen molar-refractivity contribution in [1.82, 2.24) is 10.3 Å². The van der Waals surface area contributed by atoms with E-state index in [4.69, 9.17) is 10.5 Å². The van der Waals surface area contributed by atoms with Crippen LogP contribution in [0.1, 0.15) is 38.1 Å². The maximum Gasteiger partial charge on any atom is 0.258 e. The Labute approximate surface area is 120 Å². The van der Waals surface area contributed by atoms with Crippen molar-refractivity contribution in [2.24, 2.45) is 5.73 Å². The molecular formula is C15H25N3O2. The maximum absolute atomic E-state index is 11.8. The number of hydrogen-bond acceptors (Lipinski definition) is 4. The third kappa shape index (κ3) is 5.17. The molecule has 1 aromatic heterocycles. The second-order valence-electron chi connectivity index (χ2n) is 4.81. The van der Waals surface area contributed by atoms with Crippen LogP contribution in [0, 0.1) is 6.92 Å². The summed E-state index contributed by atoms with van der Waals surface area (Å²) in [5.41, 5.74) is 7.29. The van der Waals surface area contributed by atoms with E-state index in [9.17, 15) is 4.79 Å². The molecule has 5 heteroatoms. The molecule has 0 radical (unpaired) electrons. The van der Waals surface area contributed by atoms with Gasteiger partial charge < -0.3 is 15.8 Å². The summed E-state index contributed by atoms with van der Waals surface area (Å²) in [5, 5.41) is 2.94. The number of aryl methyl sites for hydroxylation is 1. The highest BCUT2D eigenvalue weighted by atomic mass is 16.5. The van der Waals surface area contributed by atoms with Crippen LogP contribution in [-0.2, 0) is 11.2 Å². The van der Waals surface area contributed by atoms with Crippen LogP contribution in [0.2, 0.25) is 0 Å². The largest absolute Gasteiger partial charge is 0.482 e. The lowest BCUT2D eigenvalue weighted by atomic mass is 10.2. The molecule has 0 aliphatic carbocycles. The summed E-state index contributed by atoms with van der Waals surface area (Å²) in [6, 6.07) is 3.93. The average Bonchev–Trinajstić information content (AvgIpc) is 2.44. The molecule has 0 aliphatic rings. The normalized spacial score (nSPS) is 10.7. The predicted molar refractivity (Wildman–Crippen MR) is 79.7 cm³/mol. The summed E-state index contributed by atoms with van der Waals surface area (Å²) < 4.78 is 5.57. The van der Waals surface area contributed by atoms with E-state index in [1.807, 2.05) is 19.1 Å². The molecule has 0 spiro atoms. The fourth-order valence-corrected chi connectivity index (χ4v) is 1.95. The first kappa shape index (κ1) is 16.4. The number of carbonyl (C=O) groups excluding carboxylic acids is 1. The van der Waals surface area contributed by atoms with E-state index in [0.29, 0.717) is 18.7 Å². The van der Waals surface area contributed by atoms with Crippen LogP contribution in [0.4, 0.5) is 0 Å². The summed E-state index contributed by atoms with van der Waals surface area (Å²) in [5.74, 6) is 0.540. The number of rotatable bonds is 8. The van der Waals surface area contributed by atoms with Crippen molar-refractivity contribution in [1.29, 1.82) is 0 Å². The lowest BCUT2D eigenvalue weighted by Gasteiger charge is -2.16. The molecule has 0 saturated heterocycles. The molecular weight excluding hydrogens is 254 g/mol. The number of nitrogens with zero attached hydrogens (tertiary/aromatic N) is 1. The second kappa shape index (κ2) is 8.53. The number of ether oxygens (including phenoxy) is 1. The summed E-state index contributed by atoms with van der Waals surface area (Å²) >= 11 is 0. The Bertz CT molecular complexity index is 431. The van der Waals surface area contributed by atoms with E-state index in [1.54, 1.807) is 0 Å². The van der Waals surface area contributed by atoms with E-state index in [-0.39, 0.29) is 18.6 Å². The molecule has 1 amide bonds. The van der Waals surface area contributed by atoms with Crippen LogP contribution in [0.5, 0.6) is 5.75 Å². The van der Waals surface area contributed by atoms with Gasteiger partial charge in [0.2, 0.25) is 0 Å². The molecule has 0 aromatic carbocycles. The van der Waals surface area contributed by atoms with Crippen LogP contribution in [-0.4, -0.2) is 30.1 Å². The van der Waals surface area contributed by atoms with Gasteiger partial charge in [-0.25, -0.2) is 0 Å². The first-order valence-corrected chi connectivity index (χ1v) is 7.19. The third-order valence-electron chi connectivity index (χ3n) is 3.16. The molecule has 1 rings (SSSR count). The predicted octanol–water partition coefficient (Wildman–Crippen LogP) is 1.57. The lowest BCUT2D eigenvalue weighted by Crippen LogP contribution is -2.37. The van der Waals surface area contributed by atoms with Gasteiger partial charge in [-0.2, -0.15) is 0 Å². The van der Waals surface area contributed by atoms with E-state index in [0.717, 1.165) is 24.2 Å². The van der Waals surface area contributed by atoms with Crippen LogP contribution < -0.4 is 15.8 Å². The zero-order valence-corrected chi connectivity index (χ0v) is 12.6. The molecule has 1 aromatic rings. The first-order chi connectivity index (χ1) is 9.60. The van der Waals surface area contributed by atoms with Crippen molar-refractivity contribution in [2.75, 3.05) is 13.2 Å². The summed E-state index contributed by atoms with van der Waals surface area (Å²) in [6.45, 7) is 6.55. The van der Waals surface area contributed by atoms with Gasteiger partial charge in [-0.15, -0.1) is 0 Å². The van der Waals surface area contributed by atoms with Gasteiger partial charge in [-0.3, -0.25) is 9.78 Å². The summed E-state index contributed by atoms with van der Waals surface area (Å²) in [4.78, 5) is 16.2. The SMILES string of the molecule is CCC(CC)NC(=O)COc1ccc(C)nc1CCN. The summed E-state index contributed by atoms with van der Waals surface area (Å²) in [6.07, 6.45) is 2.49. The molecule has 1 heterocycles. The molecule has 3 N–H and O–H groups in total. The minimum atomic E-state index is -0.0991. The topological polar surface area (TPSA) is 77.2 Å². The fraction of sp³-hybridized carbons (Fsp3) is 0.600. The number of carbonyl (C=O) groups is 1. The Balaban J connectivity index is 2.58. The van der Waals surface area contributed by atoms with Gasteiger partial charge in [0.25, 0.3) is 5.91 Å². The van der Waals surface area contributed by atoms with Gasteiger partial charge in [0.1, 0.15) is 5.75 Å². The monoisotopic (exact) mass is 279 g/mol. The molecule has 0 aliphatic heterocycles. The lowest BCUT2D eigenvalue weighted by molar-refractivity contribution is -0.123. The Kier molecular flexibility index (Phi) is 7.01. The van der Waals surface area contributed by atoms with Gasteiger partial charge in [-0.1, -0.05) is 13.8 Å². The van der Waals surface area contributed by atoms with Crippen molar-refractivity contribution < 1.29 is 9.53 Å². The molecule has 0 fully saturated rings. The van der Waals surface area contributed by atoms with Crippen molar-refractivity contribution in [3.05, 3.63) is 23.5 Å². The zero-order chi connectivity index (χ0) is 15.0. The quantitative estimate of drug-likeness (QED) is 0.757. The number of nitrogens with two attached hydrogens (primary N) is 1. The number of aromatic nitrogens is 1. The van der Waals surface area contributed by atoms with E-state index in [1.165, 1.54) is 0 Å². The number of pyridine rings is 1. The van der Waals surface area contributed by atoms with Crippen molar-refractivity contribution in [2.45, 2.75) is 46.1 Å². The van der Waals surface area contributed by atoms with Gasteiger partial charge >= 0.3 is 0 Å². The minimum Gasteiger partial charge on any atom is -0.482 e. The van der Waals surface area contributed by atoms with E-state index < -0.39 is 0 Å². The molecule has 112 valence electrons. The van der Waals surface area contributed by atoms with Crippen molar-refractivity contribution in [3.8, 4) is 5.75 Å². The van der Waals surface area contributed by atoms with Crippen molar-refractivity contribution in [3.63, 3.8) is 0 Å². The van der Waals surface area contributed by atoms with E-state index in [2.05, 4.69) is 24.1 Å². The van der Waals surface area contributed by atoms with Crippen LogP contribution in [0.15, 0.2) is 12.1 Å². The Morgan fingerprint density at radius 3 is 2.70 bits per heavy atom. The van der Waals surface area contributed by atoms with Crippen molar-refractivity contribution >= 4 is 5.91 Å². The summed E-state index contributed by atoms with van der Waals surface area (Å²) in [7, 11) is 0. The van der Waals surface area contributed by atoms with E-state index >= 15 is 0 Å². The highest BCUT2D eigenvalue weighted by Gasteiger charge is 2.11. The third-order valence-corrected chi connectivity index (χ3v) is 3.16. The zero-order valence-electron chi connectivity index (χ0n) is 12.6. The molecule has 20 heavy (non-hydrogen) atoms. The van der Waals surface area contributed by atoms with Gasteiger partial charge in [0.05, 0.1) is 5.69 Å². The Morgan fingerprint density at radius 1 is 1.40 bits per heavy atom. The number of nitrogens with one attached hydrogen (secondary N) is 1. The highest BCUT2D eigenvalue weighted by Crippen LogP contribution is 2.17. The number of amides is 1. The molecule has 0 bridgehead atoms. The van der Waals surface area contributed by atoms with Gasteiger partial charge in [-0.05, 0) is 38.4 Å². The fourth-order valence-electron chi connectivity index (χ4n) is 1.95. The Hall–Kier alpha value is -1.62. The van der Waals surface area contributed by atoms with Crippen LogP contribution in [0.25, 0.3) is 0 Å². The molecule has 5 nitrogen and oxygen atoms in total. The van der Waals surface area contributed by atoms with Crippen LogP contribution in [0.3, 0.4) is 0 Å². The first-order valence-electron chi connectivity index (χ1n) is 7.19. The molecule has 0 unspecified atom stereocenters.